The molecule has 0 amide bonds. The van der Waals surface area contributed by atoms with Gasteiger partial charge in [-0.3, -0.25) is 0 Å². The fourth-order valence-corrected chi connectivity index (χ4v) is 3.15. The standard InChI is InChI=1S/C23H31N5/c1-27(2)15-13-24-20-11-7-5-9-18(20)23-17-22(25-14-16-28(3)4)19-10-6-8-12-21(19)26-23/h5-12,17,24H,13-16H2,1-4H3,(H,25,26). The first-order valence-electron chi connectivity index (χ1n) is 9.81. The maximum Gasteiger partial charge on any atom is 0.0751 e. The highest BCUT2D eigenvalue weighted by Crippen LogP contribution is 2.32. The van der Waals surface area contributed by atoms with Crippen LogP contribution in [0.5, 0.6) is 0 Å². The Labute approximate surface area is 168 Å². The second kappa shape index (κ2) is 9.53. The van der Waals surface area contributed by atoms with Crippen LogP contribution in [0.1, 0.15) is 0 Å². The fourth-order valence-electron chi connectivity index (χ4n) is 3.15. The minimum atomic E-state index is 0.892. The summed E-state index contributed by atoms with van der Waals surface area (Å²) in [6.45, 7) is 3.75. The zero-order chi connectivity index (χ0) is 19.9. The van der Waals surface area contributed by atoms with Crippen molar-refractivity contribution in [3.8, 4) is 11.3 Å². The van der Waals surface area contributed by atoms with Crippen LogP contribution in [0.15, 0.2) is 54.6 Å². The molecule has 3 rings (SSSR count). The Kier molecular flexibility index (Phi) is 6.85. The highest BCUT2D eigenvalue weighted by Gasteiger charge is 2.10. The van der Waals surface area contributed by atoms with Crippen molar-refractivity contribution in [3.05, 3.63) is 54.6 Å². The summed E-state index contributed by atoms with van der Waals surface area (Å²) in [4.78, 5) is 9.31. The molecule has 148 valence electrons. The lowest BCUT2D eigenvalue weighted by atomic mass is 10.1. The van der Waals surface area contributed by atoms with E-state index in [0.717, 1.165) is 59.7 Å². The summed E-state index contributed by atoms with van der Waals surface area (Å²) in [6, 6.07) is 18.9. The third kappa shape index (κ3) is 5.21. The molecule has 0 saturated carbocycles. The third-order valence-corrected chi connectivity index (χ3v) is 4.67. The number of benzene rings is 2. The van der Waals surface area contributed by atoms with E-state index in [1.54, 1.807) is 0 Å². The number of anilines is 2. The summed E-state index contributed by atoms with van der Waals surface area (Å²) < 4.78 is 0. The van der Waals surface area contributed by atoms with Gasteiger partial charge in [-0.25, -0.2) is 4.98 Å². The molecule has 3 aromatic rings. The smallest absolute Gasteiger partial charge is 0.0751 e. The summed E-state index contributed by atoms with van der Waals surface area (Å²) >= 11 is 0. The topological polar surface area (TPSA) is 43.4 Å². The molecule has 0 fully saturated rings. The summed E-state index contributed by atoms with van der Waals surface area (Å²) in [5.74, 6) is 0. The molecule has 5 heteroatoms. The number of aromatic nitrogens is 1. The van der Waals surface area contributed by atoms with Crippen LogP contribution in [-0.2, 0) is 0 Å². The number of rotatable bonds is 9. The van der Waals surface area contributed by atoms with Crippen molar-refractivity contribution in [1.29, 1.82) is 0 Å². The molecular formula is C23H31N5. The van der Waals surface area contributed by atoms with E-state index in [1.807, 2.05) is 6.07 Å². The molecule has 0 bridgehead atoms. The van der Waals surface area contributed by atoms with Gasteiger partial charge in [0, 0.05) is 48.5 Å². The average molecular weight is 378 g/mol. The van der Waals surface area contributed by atoms with Crippen LogP contribution in [0.3, 0.4) is 0 Å². The van der Waals surface area contributed by atoms with Gasteiger partial charge in [-0.15, -0.1) is 0 Å². The lowest BCUT2D eigenvalue weighted by molar-refractivity contribution is 0.425. The Balaban J connectivity index is 1.95. The first-order valence-corrected chi connectivity index (χ1v) is 9.81. The minimum Gasteiger partial charge on any atom is -0.383 e. The number of para-hydroxylation sites is 2. The molecule has 2 aromatic carbocycles. The van der Waals surface area contributed by atoms with Crippen molar-refractivity contribution in [2.45, 2.75) is 0 Å². The van der Waals surface area contributed by atoms with Gasteiger partial charge in [-0.05, 0) is 46.4 Å². The Hall–Kier alpha value is -2.63. The molecule has 0 spiro atoms. The molecule has 0 aliphatic heterocycles. The van der Waals surface area contributed by atoms with E-state index in [4.69, 9.17) is 4.98 Å². The van der Waals surface area contributed by atoms with Crippen molar-refractivity contribution >= 4 is 22.3 Å². The molecular weight excluding hydrogens is 346 g/mol. The molecule has 1 heterocycles. The zero-order valence-electron chi connectivity index (χ0n) is 17.4. The van der Waals surface area contributed by atoms with Crippen molar-refractivity contribution in [3.63, 3.8) is 0 Å². The predicted molar refractivity (Wildman–Crippen MR) is 121 cm³/mol. The maximum absolute atomic E-state index is 4.95. The number of nitrogens with one attached hydrogen (secondary N) is 2. The zero-order valence-corrected chi connectivity index (χ0v) is 17.4. The van der Waals surface area contributed by atoms with E-state index >= 15 is 0 Å². The van der Waals surface area contributed by atoms with Gasteiger partial charge in [0.05, 0.1) is 11.2 Å². The first kappa shape index (κ1) is 20.1. The minimum absolute atomic E-state index is 0.892. The number of nitrogens with zero attached hydrogens (tertiary/aromatic N) is 3. The number of hydrogen-bond acceptors (Lipinski definition) is 5. The lowest BCUT2D eigenvalue weighted by Gasteiger charge is -2.17. The highest BCUT2D eigenvalue weighted by atomic mass is 15.1. The first-order chi connectivity index (χ1) is 13.5. The second-order valence-corrected chi connectivity index (χ2v) is 7.58. The second-order valence-electron chi connectivity index (χ2n) is 7.58. The Bertz CT molecular complexity index is 904. The molecule has 0 saturated heterocycles. The summed E-state index contributed by atoms with van der Waals surface area (Å²) in [5.41, 5.74) is 5.37. The van der Waals surface area contributed by atoms with Gasteiger partial charge < -0.3 is 20.4 Å². The summed E-state index contributed by atoms with van der Waals surface area (Å²) in [6.07, 6.45) is 0. The van der Waals surface area contributed by atoms with Crippen molar-refractivity contribution in [2.75, 3.05) is 65.0 Å². The molecule has 0 aliphatic rings. The van der Waals surface area contributed by atoms with Crippen molar-refractivity contribution in [2.24, 2.45) is 0 Å². The maximum atomic E-state index is 4.95. The normalized spacial score (nSPS) is 11.4. The van der Waals surface area contributed by atoms with Gasteiger partial charge in [0.1, 0.15) is 0 Å². The third-order valence-electron chi connectivity index (χ3n) is 4.67. The van der Waals surface area contributed by atoms with E-state index in [0.29, 0.717) is 0 Å². The number of likely N-dealkylation sites (N-methyl/N-ethyl adjacent to an activating group) is 2. The average Bonchev–Trinajstić information content (AvgIpc) is 2.67. The van der Waals surface area contributed by atoms with E-state index in [2.05, 4.69) is 97.2 Å². The largest absolute Gasteiger partial charge is 0.383 e. The van der Waals surface area contributed by atoms with E-state index < -0.39 is 0 Å². The van der Waals surface area contributed by atoms with Crippen LogP contribution in [-0.4, -0.2) is 69.2 Å². The van der Waals surface area contributed by atoms with Crippen LogP contribution < -0.4 is 10.6 Å². The number of hydrogen-bond donors (Lipinski definition) is 2. The molecule has 0 atom stereocenters. The lowest BCUT2D eigenvalue weighted by Crippen LogP contribution is -2.21. The van der Waals surface area contributed by atoms with Gasteiger partial charge in [-0.1, -0.05) is 36.4 Å². The molecule has 5 nitrogen and oxygen atoms in total. The van der Waals surface area contributed by atoms with Gasteiger partial charge in [-0.2, -0.15) is 0 Å². The van der Waals surface area contributed by atoms with Gasteiger partial charge in [0.25, 0.3) is 0 Å². The van der Waals surface area contributed by atoms with Crippen LogP contribution in [0.2, 0.25) is 0 Å². The highest BCUT2D eigenvalue weighted by molar-refractivity contribution is 5.94. The fraction of sp³-hybridized carbons (Fsp3) is 0.348. The molecule has 0 aliphatic carbocycles. The Morgan fingerprint density at radius 1 is 0.750 bits per heavy atom. The quantitative estimate of drug-likeness (QED) is 0.593. The van der Waals surface area contributed by atoms with Crippen LogP contribution >= 0.6 is 0 Å². The van der Waals surface area contributed by atoms with Crippen LogP contribution in [0, 0.1) is 0 Å². The summed E-state index contributed by atoms with van der Waals surface area (Å²) in [7, 11) is 8.36. The molecule has 0 unspecified atom stereocenters. The van der Waals surface area contributed by atoms with E-state index in [-0.39, 0.29) is 0 Å². The van der Waals surface area contributed by atoms with E-state index in [1.165, 1.54) is 0 Å². The molecule has 0 radical (unpaired) electrons. The molecule has 28 heavy (non-hydrogen) atoms. The number of fused-ring (bicyclic) bond motifs is 1. The van der Waals surface area contributed by atoms with Crippen LogP contribution in [0.25, 0.3) is 22.2 Å². The van der Waals surface area contributed by atoms with E-state index in [9.17, 15) is 0 Å². The van der Waals surface area contributed by atoms with Crippen molar-refractivity contribution < 1.29 is 0 Å². The van der Waals surface area contributed by atoms with Gasteiger partial charge in [0.15, 0.2) is 0 Å². The molecule has 1 aromatic heterocycles. The summed E-state index contributed by atoms with van der Waals surface area (Å²) in [5, 5.41) is 8.31. The number of pyridine rings is 1. The SMILES string of the molecule is CN(C)CCNc1ccccc1-c1cc(NCCN(C)C)c2ccccc2n1. The van der Waals surface area contributed by atoms with Crippen LogP contribution in [0.4, 0.5) is 11.4 Å². The molecule has 2 N–H and O–H groups in total. The predicted octanol–water partition coefficient (Wildman–Crippen LogP) is 3.85. The monoisotopic (exact) mass is 377 g/mol. The van der Waals surface area contributed by atoms with Gasteiger partial charge in [0.2, 0.25) is 0 Å². The Morgan fingerprint density at radius 2 is 1.36 bits per heavy atom. The van der Waals surface area contributed by atoms with Gasteiger partial charge >= 0.3 is 0 Å². The van der Waals surface area contributed by atoms with Crippen molar-refractivity contribution in [1.82, 2.24) is 14.8 Å². The Morgan fingerprint density at radius 3 is 2.07 bits per heavy atom.